The van der Waals surface area contributed by atoms with Crippen molar-refractivity contribution < 1.29 is 17.9 Å². The molecule has 9 nitrogen and oxygen atoms in total. The highest BCUT2D eigenvalue weighted by Crippen LogP contribution is 2.19. The quantitative estimate of drug-likeness (QED) is 0.349. The van der Waals surface area contributed by atoms with Crippen LogP contribution in [0.3, 0.4) is 0 Å². The lowest BCUT2D eigenvalue weighted by Gasteiger charge is -2.11. The summed E-state index contributed by atoms with van der Waals surface area (Å²) in [6.07, 6.45) is 2.60. The summed E-state index contributed by atoms with van der Waals surface area (Å²) in [5.74, 6) is -0.520. The number of nitrogens with one attached hydrogen (secondary N) is 1. The van der Waals surface area contributed by atoms with Crippen LogP contribution in [0.15, 0.2) is 23.4 Å². The van der Waals surface area contributed by atoms with Gasteiger partial charge in [0.1, 0.15) is 0 Å². The molecule has 0 saturated heterocycles. The van der Waals surface area contributed by atoms with Crippen molar-refractivity contribution in [2.24, 2.45) is 5.11 Å². The fraction of sp³-hybridized carbons (Fsp3) is 0.455. The Kier molecular flexibility index (Phi) is 6.10. The number of carbonyl (C=O) groups excluding carboxylic acids is 1. The number of azide groups is 1. The summed E-state index contributed by atoms with van der Waals surface area (Å²) >= 11 is 0. The van der Waals surface area contributed by atoms with E-state index >= 15 is 0 Å². The van der Waals surface area contributed by atoms with Crippen LogP contribution in [-0.2, 0) is 14.8 Å². The summed E-state index contributed by atoms with van der Waals surface area (Å²) in [6.45, 7) is 0.114. The molecule has 0 aliphatic heterocycles. The van der Waals surface area contributed by atoms with Crippen LogP contribution < -0.4 is 4.72 Å². The molecule has 1 atom stereocenters. The van der Waals surface area contributed by atoms with Crippen LogP contribution in [0, 0.1) is 0 Å². The minimum Gasteiger partial charge on any atom is -0.465 e. The number of nitrogens with zero attached hydrogens (tertiary/aromatic N) is 4. The van der Waals surface area contributed by atoms with Crippen LogP contribution in [0.25, 0.3) is 10.4 Å². The maximum Gasteiger partial charge on any atom is 0.339 e. The highest BCUT2D eigenvalue weighted by Gasteiger charge is 2.13. The molecular formula is C11H15N5O4S. The number of hydrogen-bond acceptors (Lipinski definition) is 6. The van der Waals surface area contributed by atoms with Crippen molar-refractivity contribution in [2.75, 3.05) is 19.9 Å². The SMILES string of the molecule is COC(=O)c1ccc(C(CCNS(C)(=O)=O)N=[N+]=[N-])nc1. The molecule has 1 heterocycles. The zero-order valence-corrected chi connectivity index (χ0v) is 12.4. The van der Waals surface area contributed by atoms with Gasteiger partial charge in [-0.1, -0.05) is 5.11 Å². The fourth-order valence-electron chi connectivity index (χ4n) is 1.55. The number of pyridine rings is 1. The Labute approximate surface area is 122 Å². The van der Waals surface area contributed by atoms with E-state index in [1.54, 1.807) is 0 Å². The molecule has 0 radical (unpaired) electrons. The molecule has 0 saturated carbocycles. The summed E-state index contributed by atoms with van der Waals surface area (Å²) in [6, 6.07) is 2.40. The molecule has 0 spiro atoms. The Morgan fingerprint density at radius 3 is 2.76 bits per heavy atom. The second-order valence-electron chi connectivity index (χ2n) is 4.14. The first-order valence-electron chi connectivity index (χ1n) is 5.90. The molecule has 0 bridgehead atoms. The number of rotatable bonds is 7. The van der Waals surface area contributed by atoms with Gasteiger partial charge in [0.05, 0.1) is 25.0 Å². The number of esters is 1. The maximum absolute atomic E-state index is 11.3. The molecule has 21 heavy (non-hydrogen) atoms. The molecule has 0 amide bonds. The van der Waals surface area contributed by atoms with Crippen molar-refractivity contribution >= 4 is 16.0 Å². The third kappa shape index (κ3) is 5.78. The van der Waals surface area contributed by atoms with Gasteiger partial charge in [-0.2, -0.15) is 0 Å². The first kappa shape index (κ1) is 16.9. The normalized spacial score (nSPS) is 12.3. The molecule has 0 aliphatic rings. The highest BCUT2D eigenvalue weighted by atomic mass is 32.2. The van der Waals surface area contributed by atoms with Crippen molar-refractivity contribution in [2.45, 2.75) is 12.5 Å². The molecular weight excluding hydrogens is 298 g/mol. The van der Waals surface area contributed by atoms with Crippen molar-refractivity contribution in [3.05, 3.63) is 40.0 Å². The van der Waals surface area contributed by atoms with E-state index in [0.29, 0.717) is 5.69 Å². The predicted molar refractivity (Wildman–Crippen MR) is 74.9 cm³/mol. The summed E-state index contributed by atoms with van der Waals surface area (Å²) in [5, 5.41) is 3.58. The molecule has 0 aromatic carbocycles. The van der Waals surface area contributed by atoms with Crippen molar-refractivity contribution in [3.63, 3.8) is 0 Å². The van der Waals surface area contributed by atoms with Gasteiger partial charge in [0.25, 0.3) is 0 Å². The van der Waals surface area contributed by atoms with E-state index in [9.17, 15) is 13.2 Å². The van der Waals surface area contributed by atoms with E-state index < -0.39 is 22.0 Å². The number of carbonyl (C=O) groups is 1. The first-order chi connectivity index (χ1) is 9.87. The van der Waals surface area contributed by atoms with Gasteiger partial charge in [-0.3, -0.25) is 4.98 Å². The molecule has 114 valence electrons. The van der Waals surface area contributed by atoms with Gasteiger partial charge < -0.3 is 4.74 Å². The maximum atomic E-state index is 11.3. The van der Waals surface area contributed by atoms with E-state index in [1.165, 1.54) is 25.4 Å². The second kappa shape index (κ2) is 7.58. The van der Waals surface area contributed by atoms with Crippen LogP contribution >= 0.6 is 0 Å². The summed E-state index contributed by atoms with van der Waals surface area (Å²) in [7, 11) is -2.04. The van der Waals surface area contributed by atoms with Gasteiger partial charge in [0, 0.05) is 23.3 Å². The topological polar surface area (TPSA) is 134 Å². The van der Waals surface area contributed by atoms with E-state index in [1.807, 2.05) is 0 Å². The van der Waals surface area contributed by atoms with Gasteiger partial charge in [0.15, 0.2) is 0 Å². The number of hydrogen-bond donors (Lipinski definition) is 1. The van der Waals surface area contributed by atoms with E-state index in [0.717, 1.165) is 6.26 Å². The Hall–Kier alpha value is -2.16. The Morgan fingerprint density at radius 2 is 2.29 bits per heavy atom. The van der Waals surface area contributed by atoms with Gasteiger partial charge in [0.2, 0.25) is 10.0 Å². The Balaban J connectivity index is 2.81. The van der Waals surface area contributed by atoms with Crippen molar-refractivity contribution in [1.82, 2.24) is 9.71 Å². The van der Waals surface area contributed by atoms with Gasteiger partial charge in [-0.05, 0) is 24.1 Å². The largest absolute Gasteiger partial charge is 0.465 e. The van der Waals surface area contributed by atoms with Crippen LogP contribution in [-0.4, -0.2) is 39.3 Å². The summed E-state index contributed by atoms with van der Waals surface area (Å²) in [5.41, 5.74) is 9.27. The zero-order chi connectivity index (χ0) is 15.9. The molecule has 1 aromatic rings. The highest BCUT2D eigenvalue weighted by molar-refractivity contribution is 7.88. The minimum atomic E-state index is -3.30. The van der Waals surface area contributed by atoms with Crippen molar-refractivity contribution in [3.8, 4) is 0 Å². The molecule has 10 heteroatoms. The molecule has 0 fully saturated rings. The van der Waals surface area contributed by atoms with E-state index in [2.05, 4.69) is 24.5 Å². The lowest BCUT2D eigenvalue weighted by molar-refractivity contribution is 0.0600. The second-order valence-corrected chi connectivity index (χ2v) is 5.97. The van der Waals surface area contributed by atoms with Crippen molar-refractivity contribution in [1.29, 1.82) is 0 Å². The molecule has 1 unspecified atom stereocenters. The van der Waals surface area contributed by atoms with Gasteiger partial charge in [-0.25, -0.2) is 17.9 Å². The minimum absolute atomic E-state index is 0.114. The smallest absolute Gasteiger partial charge is 0.339 e. The number of sulfonamides is 1. The first-order valence-corrected chi connectivity index (χ1v) is 7.79. The summed E-state index contributed by atoms with van der Waals surface area (Å²) < 4.78 is 28.8. The number of methoxy groups -OCH3 is 1. The predicted octanol–water partition coefficient (Wildman–Crippen LogP) is 1.16. The molecule has 1 aromatic heterocycles. The Bertz CT molecular complexity index is 637. The van der Waals surface area contributed by atoms with Crippen LogP contribution in [0.1, 0.15) is 28.5 Å². The third-order valence-electron chi connectivity index (χ3n) is 2.52. The Morgan fingerprint density at radius 1 is 1.57 bits per heavy atom. The standard InChI is InChI=1S/C11H15N5O4S/c1-20-11(17)8-3-4-9(13-7-8)10(15-16-12)5-6-14-21(2,18)19/h3-4,7,10,14H,5-6H2,1-2H3. The van der Waals surface area contributed by atoms with Gasteiger partial charge in [-0.15, -0.1) is 0 Å². The fourth-order valence-corrected chi connectivity index (χ4v) is 2.04. The molecule has 0 aliphatic carbocycles. The number of aromatic nitrogens is 1. The van der Waals surface area contributed by atoms with E-state index in [4.69, 9.17) is 5.53 Å². The van der Waals surface area contributed by atoms with Gasteiger partial charge >= 0.3 is 5.97 Å². The zero-order valence-electron chi connectivity index (χ0n) is 11.6. The van der Waals surface area contributed by atoms with E-state index in [-0.39, 0.29) is 18.5 Å². The average molecular weight is 313 g/mol. The number of ether oxygens (including phenoxy) is 1. The van der Waals surface area contributed by atoms with Crippen LogP contribution in [0.4, 0.5) is 0 Å². The summed E-state index contributed by atoms with van der Waals surface area (Å²) in [4.78, 5) is 18.0. The lowest BCUT2D eigenvalue weighted by Crippen LogP contribution is -2.24. The lowest BCUT2D eigenvalue weighted by atomic mass is 10.1. The monoisotopic (exact) mass is 313 g/mol. The average Bonchev–Trinajstić information content (AvgIpc) is 2.44. The van der Waals surface area contributed by atoms with Crippen LogP contribution in [0.5, 0.6) is 0 Å². The molecule has 1 N–H and O–H groups in total. The third-order valence-corrected chi connectivity index (χ3v) is 3.25. The molecule has 1 rings (SSSR count). The van der Waals surface area contributed by atoms with Crippen LogP contribution in [0.2, 0.25) is 0 Å².